The lowest BCUT2D eigenvalue weighted by atomic mass is 10.1. The van der Waals surface area contributed by atoms with Crippen molar-refractivity contribution >= 4 is 18.5 Å². The molecule has 0 aliphatic heterocycles. The van der Waals surface area contributed by atoms with E-state index in [0.717, 1.165) is 0 Å². The van der Waals surface area contributed by atoms with Crippen LogP contribution in [0, 0.1) is 0 Å². The number of aryl methyl sites for hydroxylation is 1. The highest BCUT2D eigenvalue weighted by atomic mass is 31.1. The van der Waals surface area contributed by atoms with Crippen LogP contribution in [-0.2, 0) is 6.42 Å². The molecular weight excluding hydrogens is 271 g/mol. The highest BCUT2D eigenvalue weighted by Crippen LogP contribution is 2.36. The Morgan fingerprint density at radius 3 is 2.14 bits per heavy atom. The monoisotopic (exact) mass is 298 g/mol. The van der Waals surface area contributed by atoms with Crippen LogP contribution >= 0.6 is 7.92 Å². The lowest BCUT2D eigenvalue weighted by molar-refractivity contribution is 0.798. The molecule has 2 rings (SSSR count). The van der Waals surface area contributed by atoms with E-state index in [9.17, 15) is 0 Å². The van der Waals surface area contributed by atoms with Crippen molar-refractivity contribution in [3.8, 4) is 0 Å². The maximum Gasteiger partial charge on any atom is -0.0163 e. The van der Waals surface area contributed by atoms with E-state index in [1.165, 1.54) is 43.6 Å². The molecule has 0 bridgehead atoms. The zero-order valence-electron chi connectivity index (χ0n) is 13.4. The molecule has 0 aromatic heterocycles. The Hall–Kier alpha value is -1.13. The Balaban J connectivity index is 2.32. The fourth-order valence-corrected chi connectivity index (χ4v) is 5.41. The zero-order valence-corrected chi connectivity index (χ0v) is 14.3. The second-order valence-electron chi connectivity index (χ2n) is 5.57. The molecule has 0 saturated heterocycles. The average molecular weight is 298 g/mol. The minimum Gasteiger partial charge on any atom is -0.0654 e. The van der Waals surface area contributed by atoms with E-state index in [0.29, 0.717) is 0 Å². The topological polar surface area (TPSA) is 0 Å². The first-order valence-corrected chi connectivity index (χ1v) is 9.80. The largest absolute Gasteiger partial charge is 0.0654 e. The highest BCUT2D eigenvalue weighted by Gasteiger charge is 2.15. The maximum atomic E-state index is 2.37. The molecule has 0 N–H and O–H groups in total. The van der Waals surface area contributed by atoms with Gasteiger partial charge in [-0.25, -0.2) is 0 Å². The van der Waals surface area contributed by atoms with Gasteiger partial charge in [0.1, 0.15) is 0 Å². The normalized spacial score (nSPS) is 12.3. The molecule has 0 aliphatic carbocycles. The third-order valence-electron chi connectivity index (χ3n) is 3.89. The molecule has 0 saturated carbocycles. The Labute approximate surface area is 131 Å². The fourth-order valence-electron chi connectivity index (χ4n) is 2.67. The predicted molar refractivity (Wildman–Crippen MR) is 97.5 cm³/mol. The first kappa shape index (κ1) is 16.2. The van der Waals surface area contributed by atoms with Crippen molar-refractivity contribution in [2.24, 2.45) is 0 Å². The molecule has 0 spiro atoms. The second kappa shape index (κ2) is 9.00. The molecule has 0 fully saturated rings. The van der Waals surface area contributed by atoms with Crippen LogP contribution in [0.25, 0.3) is 0 Å². The van der Waals surface area contributed by atoms with Crippen LogP contribution in [0.1, 0.15) is 45.1 Å². The number of rotatable bonds is 8. The summed E-state index contributed by atoms with van der Waals surface area (Å²) < 4.78 is 0. The number of unbranched alkanes of at least 4 members (excludes halogenated alkanes) is 2. The summed E-state index contributed by atoms with van der Waals surface area (Å²) in [5, 5.41) is 3.14. The van der Waals surface area contributed by atoms with Crippen molar-refractivity contribution in [3.63, 3.8) is 0 Å². The molecule has 0 aliphatic rings. The summed E-state index contributed by atoms with van der Waals surface area (Å²) in [5.41, 5.74) is 1.57. The van der Waals surface area contributed by atoms with Gasteiger partial charge in [0.2, 0.25) is 0 Å². The molecule has 1 heteroatoms. The Morgan fingerprint density at radius 2 is 1.43 bits per heavy atom. The Morgan fingerprint density at radius 1 is 0.762 bits per heavy atom. The molecule has 0 heterocycles. The van der Waals surface area contributed by atoms with Gasteiger partial charge in [0, 0.05) is 0 Å². The summed E-state index contributed by atoms with van der Waals surface area (Å²) in [6, 6.07) is 20.3. The Bertz CT molecular complexity index is 518. The van der Waals surface area contributed by atoms with Gasteiger partial charge in [-0.15, -0.1) is 0 Å². The van der Waals surface area contributed by atoms with Crippen LogP contribution in [0.2, 0.25) is 0 Å². The highest BCUT2D eigenvalue weighted by molar-refractivity contribution is 7.73. The van der Waals surface area contributed by atoms with E-state index < -0.39 is 0 Å². The van der Waals surface area contributed by atoms with Crippen LogP contribution in [-0.4, -0.2) is 6.16 Å². The van der Waals surface area contributed by atoms with Crippen LogP contribution in [0.15, 0.2) is 54.6 Å². The van der Waals surface area contributed by atoms with Gasteiger partial charge >= 0.3 is 0 Å². The molecule has 1 atom stereocenters. The first-order chi connectivity index (χ1) is 10.4. The summed E-state index contributed by atoms with van der Waals surface area (Å²) in [5.74, 6) is 0. The lowest BCUT2D eigenvalue weighted by Gasteiger charge is -2.21. The molecule has 21 heavy (non-hydrogen) atoms. The average Bonchev–Trinajstić information content (AvgIpc) is 2.55. The van der Waals surface area contributed by atoms with Gasteiger partial charge in [-0.1, -0.05) is 81.3 Å². The molecule has 1 unspecified atom stereocenters. The van der Waals surface area contributed by atoms with Gasteiger partial charge in [0.25, 0.3) is 0 Å². The maximum absolute atomic E-state index is 2.37. The van der Waals surface area contributed by atoms with Crippen LogP contribution in [0.5, 0.6) is 0 Å². The van der Waals surface area contributed by atoms with Crippen LogP contribution in [0.4, 0.5) is 0 Å². The van der Waals surface area contributed by atoms with Gasteiger partial charge in [0.15, 0.2) is 0 Å². The summed E-state index contributed by atoms with van der Waals surface area (Å²) in [7, 11) is -0.194. The van der Waals surface area contributed by atoms with Gasteiger partial charge in [0.05, 0.1) is 0 Å². The molecule has 0 amide bonds. The number of hydrogen-bond donors (Lipinski definition) is 0. The van der Waals surface area contributed by atoms with Crippen LogP contribution in [0.3, 0.4) is 0 Å². The second-order valence-corrected chi connectivity index (χ2v) is 7.87. The quantitative estimate of drug-likeness (QED) is 0.583. The predicted octanol–water partition coefficient (Wildman–Crippen LogP) is 5.26. The van der Waals surface area contributed by atoms with Gasteiger partial charge in [-0.05, 0) is 49.5 Å². The van der Waals surface area contributed by atoms with Crippen molar-refractivity contribution in [3.05, 3.63) is 60.2 Å². The van der Waals surface area contributed by atoms with Crippen molar-refractivity contribution < 1.29 is 0 Å². The fraction of sp³-hybridized carbons (Fsp3) is 0.400. The van der Waals surface area contributed by atoms with E-state index in [2.05, 4.69) is 68.4 Å². The Kier molecular flexibility index (Phi) is 6.96. The van der Waals surface area contributed by atoms with Gasteiger partial charge < -0.3 is 0 Å². The summed E-state index contributed by atoms with van der Waals surface area (Å²) in [4.78, 5) is 0. The molecule has 2 aromatic carbocycles. The first-order valence-electron chi connectivity index (χ1n) is 8.27. The molecule has 2 aromatic rings. The molecule has 112 valence electrons. The smallest absolute Gasteiger partial charge is 0.0163 e. The van der Waals surface area contributed by atoms with Gasteiger partial charge in [-0.2, -0.15) is 0 Å². The summed E-state index contributed by atoms with van der Waals surface area (Å²) in [6.07, 6.45) is 7.71. The lowest BCUT2D eigenvalue weighted by Crippen LogP contribution is -2.18. The van der Waals surface area contributed by atoms with Crippen molar-refractivity contribution in [2.45, 2.75) is 46.0 Å². The van der Waals surface area contributed by atoms with Crippen molar-refractivity contribution in [1.82, 2.24) is 0 Å². The van der Waals surface area contributed by atoms with E-state index in [4.69, 9.17) is 0 Å². The SMILES string of the molecule is CCCCc1ccccc1P(CCCC)c1ccccc1. The van der Waals surface area contributed by atoms with E-state index in [1.807, 2.05) is 0 Å². The molecule has 0 radical (unpaired) electrons. The summed E-state index contributed by atoms with van der Waals surface area (Å²) in [6.45, 7) is 4.57. The number of benzene rings is 2. The summed E-state index contributed by atoms with van der Waals surface area (Å²) >= 11 is 0. The third kappa shape index (κ3) is 4.68. The van der Waals surface area contributed by atoms with Gasteiger partial charge in [-0.3, -0.25) is 0 Å². The molecular formula is C20H27P. The zero-order chi connectivity index (χ0) is 14.9. The minimum absolute atomic E-state index is 0.194. The van der Waals surface area contributed by atoms with Crippen LogP contribution < -0.4 is 10.6 Å². The standard InChI is InChI=1S/C20H27P/c1-3-5-12-18-13-10-11-16-20(18)21(17-6-4-2)19-14-8-7-9-15-19/h7-11,13-16H,3-6,12,17H2,1-2H3. The minimum atomic E-state index is -0.194. The third-order valence-corrected chi connectivity index (χ3v) is 6.59. The van der Waals surface area contributed by atoms with E-state index in [1.54, 1.807) is 10.9 Å². The van der Waals surface area contributed by atoms with E-state index in [-0.39, 0.29) is 7.92 Å². The van der Waals surface area contributed by atoms with Crippen molar-refractivity contribution in [1.29, 1.82) is 0 Å². The number of hydrogen-bond acceptors (Lipinski definition) is 0. The van der Waals surface area contributed by atoms with Crippen molar-refractivity contribution in [2.75, 3.05) is 6.16 Å². The molecule has 0 nitrogen and oxygen atoms in total. The van der Waals surface area contributed by atoms with E-state index >= 15 is 0 Å².